The third-order valence-corrected chi connectivity index (χ3v) is 5.36. The average Bonchev–Trinajstić information content (AvgIpc) is 3.01. The molecule has 3 amide bonds. The summed E-state index contributed by atoms with van der Waals surface area (Å²) in [7, 11) is 0. The molecule has 0 aromatic carbocycles. The van der Waals surface area contributed by atoms with E-state index < -0.39 is 0 Å². The number of pyridine rings is 1. The van der Waals surface area contributed by atoms with Gasteiger partial charge in [-0.2, -0.15) is 0 Å². The summed E-state index contributed by atoms with van der Waals surface area (Å²) in [4.78, 5) is 31.9. The zero-order valence-electron chi connectivity index (χ0n) is 13.5. The van der Waals surface area contributed by atoms with Gasteiger partial charge in [0.05, 0.1) is 0 Å². The van der Waals surface area contributed by atoms with Gasteiger partial charge in [0.15, 0.2) is 0 Å². The molecule has 1 aliphatic carbocycles. The molecule has 2 saturated heterocycles. The van der Waals surface area contributed by atoms with Gasteiger partial charge in [-0.15, -0.1) is 0 Å². The van der Waals surface area contributed by atoms with Gasteiger partial charge < -0.3 is 9.80 Å². The first-order chi connectivity index (χ1) is 11.0. The van der Waals surface area contributed by atoms with E-state index in [1.165, 1.54) is 5.56 Å². The van der Waals surface area contributed by atoms with Crippen LogP contribution in [0, 0.1) is 11.8 Å². The van der Waals surface area contributed by atoms with Crippen molar-refractivity contribution in [2.75, 3.05) is 24.5 Å². The largest absolute Gasteiger partial charge is 0.356 e. The molecule has 1 aromatic rings. The summed E-state index contributed by atoms with van der Waals surface area (Å²) in [5.41, 5.74) is 1.26. The average molecular weight is 314 g/mol. The van der Waals surface area contributed by atoms with Crippen LogP contribution in [0.25, 0.3) is 0 Å². The first-order valence-electron chi connectivity index (χ1n) is 8.36. The second kappa shape index (κ2) is 5.22. The molecule has 3 heterocycles. The van der Waals surface area contributed by atoms with Crippen molar-refractivity contribution in [1.29, 1.82) is 0 Å². The Balaban J connectivity index is 1.38. The molecule has 2 atom stereocenters. The van der Waals surface area contributed by atoms with Crippen molar-refractivity contribution in [3.05, 3.63) is 23.9 Å². The van der Waals surface area contributed by atoms with Crippen molar-refractivity contribution in [3.63, 3.8) is 0 Å². The van der Waals surface area contributed by atoms with Crippen molar-refractivity contribution < 1.29 is 9.59 Å². The van der Waals surface area contributed by atoms with Crippen LogP contribution in [-0.4, -0.2) is 47.5 Å². The SMILES string of the molecule is CC(C)c1ccc(N2CC3C(C2)C3N2CCC(=O)NC2=O)nc1. The molecule has 0 spiro atoms. The molecule has 2 aliphatic heterocycles. The van der Waals surface area contributed by atoms with E-state index in [9.17, 15) is 9.59 Å². The molecule has 1 saturated carbocycles. The van der Waals surface area contributed by atoms with Crippen molar-refractivity contribution >= 4 is 17.8 Å². The Morgan fingerprint density at radius 2 is 1.96 bits per heavy atom. The van der Waals surface area contributed by atoms with Gasteiger partial charge in [0.25, 0.3) is 0 Å². The minimum Gasteiger partial charge on any atom is -0.356 e. The van der Waals surface area contributed by atoms with Crippen LogP contribution in [0.1, 0.15) is 31.7 Å². The molecule has 0 radical (unpaired) electrons. The van der Waals surface area contributed by atoms with Crippen LogP contribution in [0.5, 0.6) is 0 Å². The summed E-state index contributed by atoms with van der Waals surface area (Å²) < 4.78 is 0. The maximum absolute atomic E-state index is 11.9. The molecule has 3 aliphatic rings. The van der Waals surface area contributed by atoms with Gasteiger partial charge in [-0.25, -0.2) is 9.78 Å². The van der Waals surface area contributed by atoms with Gasteiger partial charge in [-0.3, -0.25) is 10.1 Å². The molecule has 6 heteroatoms. The Kier molecular flexibility index (Phi) is 3.28. The van der Waals surface area contributed by atoms with E-state index in [1.54, 1.807) is 0 Å². The molecule has 6 nitrogen and oxygen atoms in total. The molecule has 2 unspecified atom stereocenters. The molecular formula is C17H22N4O2. The lowest BCUT2D eigenvalue weighted by Crippen LogP contribution is -2.52. The Bertz CT molecular complexity index is 630. The van der Waals surface area contributed by atoms with Crippen LogP contribution in [0.3, 0.4) is 0 Å². The zero-order valence-corrected chi connectivity index (χ0v) is 13.5. The van der Waals surface area contributed by atoms with E-state index in [1.807, 2.05) is 11.1 Å². The quantitative estimate of drug-likeness (QED) is 0.920. The van der Waals surface area contributed by atoms with E-state index in [-0.39, 0.29) is 11.9 Å². The lowest BCUT2D eigenvalue weighted by Gasteiger charge is -2.30. The Labute approximate surface area is 135 Å². The van der Waals surface area contributed by atoms with Crippen molar-refractivity contribution in [2.45, 2.75) is 32.2 Å². The Morgan fingerprint density at radius 3 is 2.52 bits per heavy atom. The number of rotatable bonds is 3. The van der Waals surface area contributed by atoms with Crippen molar-refractivity contribution in [3.8, 4) is 0 Å². The highest BCUT2D eigenvalue weighted by molar-refractivity contribution is 5.97. The molecule has 4 rings (SSSR count). The number of nitrogens with zero attached hydrogens (tertiary/aromatic N) is 3. The van der Waals surface area contributed by atoms with E-state index in [0.717, 1.165) is 18.9 Å². The molecule has 23 heavy (non-hydrogen) atoms. The number of imide groups is 1. The third-order valence-electron chi connectivity index (χ3n) is 5.36. The summed E-state index contributed by atoms with van der Waals surface area (Å²) in [6.45, 7) is 6.79. The monoisotopic (exact) mass is 314 g/mol. The number of urea groups is 1. The number of hydrogen-bond donors (Lipinski definition) is 1. The van der Waals surface area contributed by atoms with Crippen molar-refractivity contribution in [2.24, 2.45) is 11.8 Å². The maximum atomic E-state index is 11.9. The van der Waals surface area contributed by atoms with Gasteiger partial charge in [-0.05, 0) is 17.5 Å². The lowest BCUT2D eigenvalue weighted by molar-refractivity contribution is -0.121. The number of aromatic nitrogens is 1. The zero-order chi connectivity index (χ0) is 16.1. The van der Waals surface area contributed by atoms with Gasteiger partial charge in [-0.1, -0.05) is 19.9 Å². The molecule has 0 bridgehead atoms. The second-order valence-electron chi connectivity index (χ2n) is 7.12. The highest BCUT2D eigenvalue weighted by Gasteiger charge is 2.60. The fraction of sp³-hybridized carbons (Fsp3) is 0.588. The number of nitrogens with one attached hydrogen (secondary N) is 1. The number of hydrogen-bond acceptors (Lipinski definition) is 4. The minimum absolute atomic E-state index is 0.159. The number of amides is 3. The summed E-state index contributed by atoms with van der Waals surface area (Å²) >= 11 is 0. The number of fused-ring (bicyclic) bond motifs is 1. The topological polar surface area (TPSA) is 65.5 Å². The summed E-state index contributed by atoms with van der Waals surface area (Å²) in [5.74, 6) is 2.39. The summed E-state index contributed by atoms with van der Waals surface area (Å²) in [6.07, 6.45) is 2.38. The number of anilines is 1. The highest BCUT2D eigenvalue weighted by Crippen LogP contribution is 2.50. The molecular weight excluding hydrogens is 292 g/mol. The third kappa shape index (κ3) is 2.46. The van der Waals surface area contributed by atoms with E-state index in [0.29, 0.717) is 36.8 Å². The van der Waals surface area contributed by atoms with Crippen molar-refractivity contribution in [1.82, 2.24) is 15.2 Å². The molecule has 3 fully saturated rings. The van der Waals surface area contributed by atoms with Crippen LogP contribution in [0.15, 0.2) is 18.3 Å². The first kappa shape index (κ1) is 14.5. The standard InChI is InChI=1S/C17H22N4O2/c1-10(2)11-3-4-14(18-7-11)20-8-12-13(9-20)16(12)21-6-5-15(22)19-17(21)23/h3-4,7,10,12-13,16H,5-6,8-9H2,1-2H3,(H,19,22,23). The van der Waals surface area contributed by atoms with Crippen LogP contribution in [0.2, 0.25) is 0 Å². The summed E-state index contributed by atoms with van der Waals surface area (Å²) in [5, 5.41) is 2.42. The van der Waals surface area contributed by atoms with E-state index in [2.05, 4.69) is 41.2 Å². The normalized spacial score (nSPS) is 29.8. The fourth-order valence-electron chi connectivity index (χ4n) is 3.93. The van der Waals surface area contributed by atoms with Crippen LogP contribution in [-0.2, 0) is 4.79 Å². The summed E-state index contributed by atoms with van der Waals surface area (Å²) in [6, 6.07) is 4.33. The highest BCUT2D eigenvalue weighted by atomic mass is 16.2. The van der Waals surface area contributed by atoms with Crippen LogP contribution < -0.4 is 10.2 Å². The Morgan fingerprint density at radius 1 is 1.22 bits per heavy atom. The number of piperidine rings is 1. The second-order valence-corrected chi connectivity index (χ2v) is 7.12. The van der Waals surface area contributed by atoms with Gasteiger partial charge >= 0.3 is 6.03 Å². The minimum atomic E-state index is -0.216. The van der Waals surface area contributed by atoms with Gasteiger partial charge in [0, 0.05) is 50.1 Å². The maximum Gasteiger partial charge on any atom is 0.324 e. The van der Waals surface area contributed by atoms with Crippen LogP contribution in [0.4, 0.5) is 10.6 Å². The van der Waals surface area contributed by atoms with E-state index in [4.69, 9.17) is 0 Å². The predicted molar refractivity (Wildman–Crippen MR) is 86.2 cm³/mol. The smallest absolute Gasteiger partial charge is 0.324 e. The molecule has 1 N–H and O–H groups in total. The van der Waals surface area contributed by atoms with Gasteiger partial charge in [0.2, 0.25) is 5.91 Å². The van der Waals surface area contributed by atoms with E-state index >= 15 is 0 Å². The molecule has 122 valence electrons. The molecule has 1 aromatic heterocycles. The first-order valence-corrected chi connectivity index (χ1v) is 8.36. The Hall–Kier alpha value is -2.11. The number of carbonyl (C=O) groups is 2. The van der Waals surface area contributed by atoms with Crippen LogP contribution >= 0.6 is 0 Å². The lowest BCUT2D eigenvalue weighted by atomic mass is 10.1. The fourth-order valence-corrected chi connectivity index (χ4v) is 3.93. The van der Waals surface area contributed by atoms with Gasteiger partial charge in [0.1, 0.15) is 5.82 Å². The predicted octanol–water partition coefficient (Wildman–Crippen LogP) is 1.58. The number of carbonyl (C=O) groups excluding carboxylic acids is 2.